The fourth-order valence-corrected chi connectivity index (χ4v) is 2.59. The van der Waals surface area contributed by atoms with Crippen molar-refractivity contribution in [2.24, 2.45) is 0 Å². The summed E-state index contributed by atoms with van der Waals surface area (Å²) in [4.78, 5) is 13.8. The largest absolute Gasteiger partial charge is 0.378 e. The van der Waals surface area contributed by atoms with Crippen molar-refractivity contribution in [3.63, 3.8) is 0 Å². The second kappa shape index (κ2) is 7.10. The molecule has 0 aliphatic rings. The van der Waals surface area contributed by atoms with Gasteiger partial charge in [0.2, 0.25) is 0 Å². The lowest BCUT2D eigenvalue weighted by atomic mass is 10.1. The van der Waals surface area contributed by atoms with E-state index in [0.29, 0.717) is 6.54 Å². The molecule has 0 saturated carbocycles. The molecule has 0 saturated heterocycles. The summed E-state index contributed by atoms with van der Waals surface area (Å²) < 4.78 is 0. The fourth-order valence-electron chi connectivity index (χ4n) is 1.95. The SMILES string of the molecule is CN(C)c1ccc(CCCNC(=O)c2ccsc2)cc1. The molecule has 0 aliphatic heterocycles. The molecule has 106 valence electrons. The molecule has 1 amide bonds. The van der Waals surface area contributed by atoms with Crippen molar-refractivity contribution in [3.8, 4) is 0 Å². The van der Waals surface area contributed by atoms with Crippen LogP contribution in [0.2, 0.25) is 0 Å². The van der Waals surface area contributed by atoms with Crippen LogP contribution in [0.15, 0.2) is 41.1 Å². The molecule has 0 unspecified atom stereocenters. The Hall–Kier alpha value is -1.81. The highest BCUT2D eigenvalue weighted by atomic mass is 32.1. The van der Waals surface area contributed by atoms with E-state index in [-0.39, 0.29) is 5.91 Å². The summed E-state index contributed by atoms with van der Waals surface area (Å²) in [6.07, 6.45) is 1.94. The Morgan fingerprint density at radius 3 is 2.55 bits per heavy atom. The molecule has 4 heteroatoms. The zero-order valence-corrected chi connectivity index (χ0v) is 12.7. The van der Waals surface area contributed by atoms with Crippen LogP contribution in [0.1, 0.15) is 22.3 Å². The van der Waals surface area contributed by atoms with Gasteiger partial charge in [0, 0.05) is 37.3 Å². The fraction of sp³-hybridized carbons (Fsp3) is 0.312. The molecule has 0 fully saturated rings. The normalized spacial score (nSPS) is 10.3. The Bertz CT molecular complexity index is 532. The highest BCUT2D eigenvalue weighted by Crippen LogP contribution is 2.13. The van der Waals surface area contributed by atoms with Crippen LogP contribution in [0.25, 0.3) is 0 Å². The van der Waals surface area contributed by atoms with Crippen LogP contribution in [0, 0.1) is 0 Å². The first-order chi connectivity index (χ1) is 9.66. The number of rotatable bonds is 6. The number of nitrogens with one attached hydrogen (secondary N) is 1. The van der Waals surface area contributed by atoms with E-state index in [1.54, 1.807) is 11.3 Å². The lowest BCUT2D eigenvalue weighted by Crippen LogP contribution is -2.24. The van der Waals surface area contributed by atoms with Gasteiger partial charge in [0.05, 0.1) is 0 Å². The van der Waals surface area contributed by atoms with Gasteiger partial charge in [0.1, 0.15) is 0 Å². The van der Waals surface area contributed by atoms with Gasteiger partial charge in [0.15, 0.2) is 0 Å². The predicted molar refractivity (Wildman–Crippen MR) is 85.7 cm³/mol. The van der Waals surface area contributed by atoms with Crippen LogP contribution in [0.4, 0.5) is 5.69 Å². The second-order valence-electron chi connectivity index (χ2n) is 4.93. The molecule has 1 aromatic carbocycles. The van der Waals surface area contributed by atoms with E-state index in [9.17, 15) is 4.79 Å². The number of hydrogen-bond donors (Lipinski definition) is 1. The van der Waals surface area contributed by atoms with Crippen molar-refractivity contribution in [2.45, 2.75) is 12.8 Å². The zero-order chi connectivity index (χ0) is 14.4. The molecule has 0 bridgehead atoms. The first-order valence-electron chi connectivity index (χ1n) is 6.73. The monoisotopic (exact) mass is 288 g/mol. The summed E-state index contributed by atoms with van der Waals surface area (Å²) in [5.74, 6) is 0.0224. The quantitative estimate of drug-likeness (QED) is 0.828. The lowest BCUT2D eigenvalue weighted by Gasteiger charge is -2.12. The number of carbonyl (C=O) groups is 1. The number of benzene rings is 1. The Kier molecular flexibility index (Phi) is 5.18. The van der Waals surface area contributed by atoms with Crippen LogP contribution in [-0.4, -0.2) is 26.5 Å². The van der Waals surface area contributed by atoms with E-state index in [0.717, 1.165) is 18.4 Å². The molecule has 20 heavy (non-hydrogen) atoms. The molecule has 1 N–H and O–H groups in total. The highest BCUT2D eigenvalue weighted by Gasteiger charge is 2.04. The van der Waals surface area contributed by atoms with Crippen molar-refractivity contribution in [2.75, 3.05) is 25.5 Å². The van der Waals surface area contributed by atoms with Gasteiger partial charge in [-0.2, -0.15) is 11.3 Å². The summed E-state index contributed by atoms with van der Waals surface area (Å²) in [6.45, 7) is 0.712. The van der Waals surface area contributed by atoms with Crippen molar-refractivity contribution < 1.29 is 4.79 Å². The topological polar surface area (TPSA) is 32.3 Å². The van der Waals surface area contributed by atoms with Crippen molar-refractivity contribution in [1.29, 1.82) is 0 Å². The van der Waals surface area contributed by atoms with Gasteiger partial charge in [-0.25, -0.2) is 0 Å². The number of thiophene rings is 1. The Morgan fingerprint density at radius 1 is 1.20 bits per heavy atom. The molecular formula is C16H20N2OS. The van der Waals surface area contributed by atoms with E-state index in [1.165, 1.54) is 11.3 Å². The van der Waals surface area contributed by atoms with Crippen LogP contribution in [0.5, 0.6) is 0 Å². The van der Waals surface area contributed by atoms with Crippen LogP contribution < -0.4 is 10.2 Å². The molecule has 0 radical (unpaired) electrons. The molecular weight excluding hydrogens is 268 g/mol. The molecule has 1 heterocycles. The molecule has 1 aromatic heterocycles. The van der Waals surface area contributed by atoms with Gasteiger partial charge in [-0.3, -0.25) is 4.79 Å². The number of anilines is 1. The van der Waals surface area contributed by atoms with E-state index >= 15 is 0 Å². The third-order valence-electron chi connectivity index (χ3n) is 3.16. The zero-order valence-electron chi connectivity index (χ0n) is 11.9. The maximum absolute atomic E-state index is 11.7. The van der Waals surface area contributed by atoms with Crippen LogP contribution in [0.3, 0.4) is 0 Å². The Balaban J connectivity index is 1.72. The standard InChI is InChI=1S/C16H20N2OS/c1-18(2)15-7-5-13(6-8-15)4-3-10-17-16(19)14-9-11-20-12-14/h5-9,11-12H,3-4,10H2,1-2H3,(H,17,19). The minimum Gasteiger partial charge on any atom is -0.378 e. The maximum Gasteiger partial charge on any atom is 0.252 e. The molecule has 0 spiro atoms. The number of aryl methyl sites for hydroxylation is 1. The van der Waals surface area contributed by atoms with E-state index in [1.807, 2.05) is 30.9 Å². The third-order valence-corrected chi connectivity index (χ3v) is 3.85. The van der Waals surface area contributed by atoms with Gasteiger partial charge >= 0.3 is 0 Å². The van der Waals surface area contributed by atoms with Crippen molar-refractivity contribution in [1.82, 2.24) is 5.32 Å². The van der Waals surface area contributed by atoms with Gasteiger partial charge in [0.25, 0.3) is 5.91 Å². The molecule has 2 rings (SSSR count). The molecule has 3 nitrogen and oxygen atoms in total. The minimum atomic E-state index is 0.0224. The van der Waals surface area contributed by atoms with Crippen LogP contribution in [-0.2, 0) is 6.42 Å². The lowest BCUT2D eigenvalue weighted by molar-refractivity contribution is 0.0953. The first-order valence-corrected chi connectivity index (χ1v) is 7.68. The summed E-state index contributed by atoms with van der Waals surface area (Å²) in [5, 5.41) is 6.73. The number of carbonyl (C=O) groups excluding carboxylic acids is 1. The highest BCUT2D eigenvalue weighted by molar-refractivity contribution is 7.08. The van der Waals surface area contributed by atoms with Gasteiger partial charge in [-0.05, 0) is 42.0 Å². The number of nitrogens with zero attached hydrogens (tertiary/aromatic N) is 1. The smallest absolute Gasteiger partial charge is 0.252 e. The molecule has 0 aliphatic carbocycles. The average Bonchev–Trinajstić information content (AvgIpc) is 2.98. The summed E-state index contributed by atoms with van der Waals surface area (Å²) in [5.41, 5.74) is 3.27. The maximum atomic E-state index is 11.7. The minimum absolute atomic E-state index is 0.0224. The Labute approximate surface area is 124 Å². The second-order valence-corrected chi connectivity index (χ2v) is 5.71. The summed E-state index contributed by atoms with van der Waals surface area (Å²) in [6, 6.07) is 10.4. The van der Waals surface area contributed by atoms with Crippen molar-refractivity contribution in [3.05, 3.63) is 52.2 Å². The number of amides is 1. The average molecular weight is 288 g/mol. The number of hydrogen-bond acceptors (Lipinski definition) is 3. The van der Waals surface area contributed by atoms with E-state index < -0.39 is 0 Å². The summed E-state index contributed by atoms with van der Waals surface area (Å²) >= 11 is 1.54. The first kappa shape index (κ1) is 14.6. The van der Waals surface area contributed by atoms with E-state index in [2.05, 4.69) is 34.5 Å². The van der Waals surface area contributed by atoms with Gasteiger partial charge < -0.3 is 10.2 Å². The van der Waals surface area contributed by atoms with Crippen molar-refractivity contribution >= 4 is 22.9 Å². The van der Waals surface area contributed by atoms with E-state index in [4.69, 9.17) is 0 Å². The molecule has 2 aromatic rings. The molecule has 0 atom stereocenters. The van der Waals surface area contributed by atoms with Gasteiger partial charge in [-0.1, -0.05) is 12.1 Å². The van der Waals surface area contributed by atoms with Crippen LogP contribution >= 0.6 is 11.3 Å². The summed E-state index contributed by atoms with van der Waals surface area (Å²) in [7, 11) is 4.07. The third kappa shape index (κ3) is 4.10. The van der Waals surface area contributed by atoms with Gasteiger partial charge in [-0.15, -0.1) is 0 Å². The Morgan fingerprint density at radius 2 is 1.95 bits per heavy atom. The predicted octanol–water partition coefficient (Wildman–Crippen LogP) is 3.18.